The number of rotatable bonds is 4. The molecule has 0 amide bonds. The Labute approximate surface area is 121 Å². The van der Waals surface area contributed by atoms with Crippen molar-refractivity contribution in [2.45, 2.75) is 77.0 Å². The molecule has 0 spiro atoms. The van der Waals surface area contributed by atoms with Gasteiger partial charge in [0.15, 0.2) is 0 Å². The Kier molecular flexibility index (Phi) is 6.70. The fourth-order valence-electron chi connectivity index (χ4n) is 4.58. The smallest absolute Gasteiger partial charge is 0.000886 e. The molecule has 2 fully saturated rings. The molecule has 2 aliphatic carbocycles. The molecule has 0 atom stereocenters. The third-order valence-electron chi connectivity index (χ3n) is 5.59. The van der Waals surface area contributed by atoms with Crippen LogP contribution in [0, 0.1) is 17.8 Å². The first-order valence-electron chi connectivity index (χ1n) is 8.92. The van der Waals surface area contributed by atoms with Gasteiger partial charge in [0.05, 0.1) is 0 Å². The zero-order valence-electron chi connectivity index (χ0n) is 13.4. The second-order valence-electron chi connectivity index (χ2n) is 7.43. The molecular formula is C18H35N. The monoisotopic (exact) mass is 265 g/mol. The zero-order chi connectivity index (χ0) is 13.5. The first kappa shape index (κ1) is 15.4. The molecule has 19 heavy (non-hydrogen) atoms. The summed E-state index contributed by atoms with van der Waals surface area (Å²) in [6, 6.07) is 0. The Morgan fingerprint density at radius 1 is 0.684 bits per heavy atom. The summed E-state index contributed by atoms with van der Waals surface area (Å²) in [6.07, 6.45) is 18.1. The van der Waals surface area contributed by atoms with Crippen LogP contribution in [0.2, 0.25) is 0 Å². The number of nitrogens with zero attached hydrogens (tertiary/aromatic N) is 1. The Morgan fingerprint density at radius 2 is 1.05 bits per heavy atom. The van der Waals surface area contributed by atoms with Crippen LogP contribution < -0.4 is 0 Å². The van der Waals surface area contributed by atoms with Gasteiger partial charge in [0.2, 0.25) is 0 Å². The minimum absolute atomic E-state index is 0.992. The van der Waals surface area contributed by atoms with Crippen LogP contribution in [0.3, 0.4) is 0 Å². The van der Waals surface area contributed by atoms with E-state index in [4.69, 9.17) is 0 Å². The van der Waals surface area contributed by atoms with E-state index in [9.17, 15) is 0 Å². The van der Waals surface area contributed by atoms with E-state index in [-0.39, 0.29) is 0 Å². The second kappa shape index (κ2) is 8.29. The maximum atomic E-state index is 2.46. The molecule has 0 radical (unpaired) electrons. The van der Waals surface area contributed by atoms with Gasteiger partial charge >= 0.3 is 0 Å². The van der Waals surface area contributed by atoms with Gasteiger partial charge in [-0.2, -0.15) is 0 Å². The van der Waals surface area contributed by atoms with Crippen molar-refractivity contribution in [2.75, 3.05) is 20.6 Å². The standard InChI is InChI=1S/C18H35N/c1-19(2)15-18(16-11-7-3-4-8-12-16)17-13-9-5-6-10-14-17/h16-18H,3-15H2,1-2H3. The molecule has 1 nitrogen and oxygen atoms in total. The molecule has 0 aliphatic heterocycles. The van der Waals surface area contributed by atoms with E-state index in [1.807, 2.05) is 0 Å². The van der Waals surface area contributed by atoms with Crippen molar-refractivity contribution in [1.29, 1.82) is 0 Å². The van der Waals surface area contributed by atoms with Crippen molar-refractivity contribution in [1.82, 2.24) is 4.90 Å². The van der Waals surface area contributed by atoms with Crippen LogP contribution in [0.15, 0.2) is 0 Å². The van der Waals surface area contributed by atoms with Crippen LogP contribution in [0.4, 0.5) is 0 Å². The van der Waals surface area contributed by atoms with Crippen LogP contribution in [0.1, 0.15) is 77.0 Å². The first-order chi connectivity index (χ1) is 9.27. The van der Waals surface area contributed by atoms with Crippen molar-refractivity contribution < 1.29 is 0 Å². The van der Waals surface area contributed by atoms with Crippen LogP contribution in [-0.4, -0.2) is 25.5 Å². The number of hydrogen-bond donors (Lipinski definition) is 0. The summed E-state index contributed by atoms with van der Waals surface area (Å²) in [6.45, 7) is 1.34. The molecule has 0 saturated heterocycles. The lowest BCUT2D eigenvalue weighted by Crippen LogP contribution is -2.33. The van der Waals surface area contributed by atoms with E-state index >= 15 is 0 Å². The van der Waals surface area contributed by atoms with Crippen molar-refractivity contribution >= 4 is 0 Å². The molecule has 2 rings (SSSR count). The minimum atomic E-state index is 0.992. The highest BCUT2D eigenvalue weighted by Gasteiger charge is 2.30. The Balaban J connectivity index is 1.99. The van der Waals surface area contributed by atoms with E-state index in [0.717, 1.165) is 17.8 Å². The maximum absolute atomic E-state index is 2.46. The fourth-order valence-corrected chi connectivity index (χ4v) is 4.58. The summed E-state index contributed by atoms with van der Waals surface area (Å²) < 4.78 is 0. The normalized spacial score (nSPS) is 24.6. The van der Waals surface area contributed by atoms with Crippen LogP contribution in [0.25, 0.3) is 0 Å². The molecule has 2 saturated carbocycles. The van der Waals surface area contributed by atoms with Gasteiger partial charge in [-0.05, 0) is 31.8 Å². The van der Waals surface area contributed by atoms with Gasteiger partial charge in [-0.15, -0.1) is 0 Å². The summed E-state index contributed by atoms with van der Waals surface area (Å²) in [5, 5.41) is 0. The molecule has 1 heteroatoms. The lowest BCUT2D eigenvalue weighted by Gasteiger charge is -2.35. The van der Waals surface area contributed by atoms with Gasteiger partial charge in [-0.3, -0.25) is 0 Å². The highest BCUT2D eigenvalue weighted by molar-refractivity contribution is 4.82. The Bertz CT molecular complexity index is 200. The Hall–Kier alpha value is -0.0400. The van der Waals surface area contributed by atoms with Crippen LogP contribution >= 0.6 is 0 Å². The summed E-state index contributed by atoms with van der Waals surface area (Å²) in [5.41, 5.74) is 0. The van der Waals surface area contributed by atoms with E-state index in [2.05, 4.69) is 19.0 Å². The molecule has 2 aliphatic rings. The average molecular weight is 265 g/mol. The maximum Gasteiger partial charge on any atom is 0.000886 e. The van der Waals surface area contributed by atoms with Gasteiger partial charge < -0.3 is 4.90 Å². The average Bonchev–Trinajstić information content (AvgIpc) is 2.80. The molecule has 0 unspecified atom stereocenters. The van der Waals surface area contributed by atoms with Crippen molar-refractivity contribution in [3.63, 3.8) is 0 Å². The first-order valence-corrected chi connectivity index (χ1v) is 8.92. The second-order valence-corrected chi connectivity index (χ2v) is 7.43. The topological polar surface area (TPSA) is 3.24 Å². The van der Waals surface area contributed by atoms with E-state index in [0.29, 0.717) is 0 Å². The van der Waals surface area contributed by atoms with Crippen LogP contribution in [0.5, 0.6) is 0 Å². The molecule has 0 bridgehead atoms. The van der Waals surface area contributed by atoms with Crippen molar-refractivity contribution in [3.8, 4) is 0 Å². The highest BCUT2D eigenvalue weighted by atomic mass is 15.1. The SMILES string of the molecule is CN(C)CC(C1CCCCCC1)C1CCCCCC1. The molecule has 112 valence electrons. The lowest BCUT2D eigenvalue weighted by atomic mass is 9.74. The van der Waals surface area contributed by atoms with E-state index < -0.39 is 0 Å². The van der Waals surface area contributed by atoms with E-state index in [1.54, 1.807) is 0 Å². The largest absolute Gasteiger partial charge is 0.309 e. The van der Waals surface area contributed by atoms with Gasteiger partial charge in [0.1, 0.15) is 0 Å². The predicted octanol–water partition coefficient (Wildman–Crippen LogP) is 5.11. The lowest BCUT2D eigenvalue weighted by molar-refractivity contribution is 0.145. The van der Waals surface area contributed by atoms with Crippen LogP contribution in [-0.2, 0) is 0 Å². The molecule has 0 aromatic rings. The van der Waals surface area contributed by atoms with Gasteiger partial charge in [0, 0.05) is 6.54 Å². The molecular weight excluding hydrogens is 230 g/mol. The number of hydrogen-bond acceptors (Lipinski definition) is 1. The third kappa shape index (κ3) is 5.10. The van der Waals surface area contributed by atoms with E-state index in [1.165, 1.54) is 83.6 Å². The molecule has 0 N–H and O–H groups in total. The Morgan fingerprint density at radius 3 is 1.37 bits per heavy atom. The quantitative estimate of drug-likeness (QED) is 0.639. The molecule has 0 aromatic carbocycles. The summed E-state index contributed by atoms with van der Waals surface area (Å²) in [5.74, 6) is 3.06. The fraction of sp³-hybridized carbons (Fsp3) is 1.00. The minimum Gasteiger partial charge on any atom is -0.309 e. The predicted molar refractivity (Wildman–Crippen MR) is 84.4 cm³/mol. The van der Waals surface area contributed by atoms with Crippen molar-refractivity contribution in [2.24, 2.45) is 17.8 Å². The van der Waals surface area contributed by atoms with Gasteiger partial charge in [-0.1, -0.05) is 77.0 Å². The third-order valence-corrected chi connectivity index (χ3v) is 5.59. The summed E-state index contributed by atoms with van der Waals surface area (Å²) in [4.78, 5) is 2.46. The molecule has 0 aromatic heterocycles. The molecule has 0 heterocycles. The van der Waals surface area contributed by atoms with Gasteiger partial charge in [-0.25, -0.2) is 0 Å². The van der Waals surface area contributed by atoms with Crippen molar-refractivity contribution in [3.05, 3.63) is 0 Å². The zero-order valence-corrected chi connectivity index (χ0v) is 13.4. The summed E-state index contributed by atoms with van der Waals surface area (Å²) >= 11 is 0. The van der Waals surface area contributed by atoms with Gasteiger partial charge in [0.25, 0.3) is 0 Å². The summed E-state index contributed by atoms with van der Waals surface area (Å²) in [7, 11) is 4.56. The highest BCUT2D eigenvalue weighted by Crippen LogP contribution is 2.39.